The summed E-state index contributed by atoms with van der Waals surface area (Å²) in [5, 5.41) is 2.71. The Bertz CT molecular complexity index is 1150. The molecule has 1 amide bonds. The van der Waals surface area contributed by atoms with Gasteiger partial charge in [0.05, 0.1) is 6.20 Å². The average molecular weight is 430 g/mol. The molecule has 7 nitrogen and oxygen atoms in total. The Balaban J connectivity index is 1.26. The van der Waals surface area contributed by atoms with Crippen molar-refractivity contribution in [2.45, 2.75) is 31.7 Å². The number of nitrogens with one attached hydrogen (secondary N) is 1. The van der Waals surface area contributed by atoms with Crippen molar-refractivity contribution in [3.05, 3.63) is 88.4 Å². The van der Waals surface area contributed by atoms with Gasteiger partial charge in [-0.3, -0.25) is 14.6 Å². The zero-order chi connectivity index (χ0) is 21.9. The van der Waals surface area contributed by atoms with Crippen LogP contribution in [0.15, 0.2) is 65.8 Å². The number of fused-ring (bicyclic) bond motifs is 4. The van der Waals surface area contributed by atoms with E-state index in [0.717, 1.165) is 44.6 Å². The Morgan fingerprint density at radius 2 is 1.94 bits per heavy atom. The largest absolute Gasteiger partial charge is 0.316 e. The molecule has 1 aromatic carbocycles. The lowest BCUT2D eigenvalue weighted by Crippen LogP contribution is -2.47. The number of carbonyl (C=O) groups is 1. The van der Waals surface area contributed by atoms with Crippen LogP contribution in [0, 0.1) is 5.92 Å². The summed E-state index contributed by atoms with van der Waals surface area (Å²) in [5.74, 6) is 0.398. The topological polar surface area (TPSA) is 80.1 Å². The second kappa shape index (κ2) is 9.04. The van der Waals surface area contributed by atoms with Crippen LogP contribution in [0.1, 0.15) is 40.5 Å². The van der Waals surface area contributed by atoms with Gasteiger partial charge >= 0.3 is 0 Å². The van der Waals surface area contributed by atoms with Crippen LogP contribution >= 0.6 is 0 Å². The van der Waals surface area contributed by atoms with Crippen LogP contribution in [0.4, 0.5) is 5.69 Å². The van der Waals surface area contributed by atoms with Crippen molar-refractivity contribution >= 4 is 11.6 Å². The number of carbonyl (C=O) groups excluding carboxylic acids is 1. The number of amides is 1. The predicted molar refractivity (Wildman–Crippen MR) is 123 cm³/mol. The van der Waals surface area contributed by atoms with E-state index >= 15 is 0 Å². The van der Waals surface area contributed by atoms with Gasteiger partial charge in [0, 0.05) is 43.6 Å². The minimum Gasteiger partial charge on any atom is -0.316 e. The number of hydrogen-bond acceptors (Lipinski definition) is 5. The summed E-state index contributed by atoms with van der Waals surface area (Å²) >= 11 is 0. The zero-order valence-corrected chi connectivity index (χ0v) is 18.0. The summed E-state index contributed by atoms with van der Waals surface area (Å²) in [6, 6.07) is 14.4. The van der Waals surface area contributed by atoms with E-state index in [1.54, 1.807) is 6.07 Å². The zero-order valence-electron chi connectivity index (χ0n) is 18.0. The monoisotopic (exact) mass is 429 g/mol. The highest BCUT2D eigenvalue weighted by Gasteiger charge is 2.34. The van der Waals surface area contributed by atoms with E-state index in [0.29, 0.717) is 24.1 Å². The van der Waals surface area contributed by atoms with Crippen LogP contribution in [-0.2, 0) is 13.0 Å². The number of hydrogen-bond donors (Lipinski definition) is 1. The van der Waals surface area contributed by atoms with E-state index in [9.17, 15) is 9.59 Å². The van der Waals surface area contributed by atoms with Gasteiger partial charge in [-0.25, -0.2) is 4.98 Å². The fourth-order valence-corrected chi connectivity index (χ4v) is 5.08. The molecule has 0 aliphatic carbocycles. The number of rotatable bonds is 6. The summed E-state index contributed by atoms with van der Waals surface area (Å²) in [6.07, 6.45) is 7.72. The highest BCUT2D eigenvalue weighted by molar-refractivity contribution is 6.02. The Labute approximate surface area is 187 Å². The van der Waals surface area contributed by atoms with Crippen LogP contribution in [0.25, 0.3) is 0 Å². The first-order valence-electron chi connectivity index (χ1n) is 11.2. The molecule has 2 aliphatic rings. The predicted octanol–water partition coefficient (Wildman–Crippen LogP) is 2.94. The van der Waals surface area contributed by atoms with E-state index in [2.05, 4.69) is 50.5 Å². The standard InChI is InChI=1S/C25H27N5O2/c31-24(22-14-26-10-11-27-22)28-21-8-9-23-20-13-19(16-30(23)25(21)32)15-29(17-20)12-4-7-18-5-2-1-3-6-18/h1-3,5-6,8-11,14,19-20H,4,7,12-13,15-17H2,(H,28,31). The molecule has 164 valence electrons. The van der Waals surface area contributed by atoms with Gasteiger partial charge in [-0.1, -0.05) is 30.3 Å². The van der Waals surface area contributed by atoms with Gasteiger partial charge in [-0.15, -0.1) is 0 Å². The summed E-state index contributed by atoms with van der Waals surface area (Å²) < 4.78 is 1.87. The van der Waals surface area contributed by atoms with Gasteiger partial charge in [-0.05, 0) is 49.4 Å². The number of nitrogens with zero attached hydrogens (tertiary/aromatic N) is 4. The van der Waals surface area contributed by atoms with Gasteiger partial charge in [0.25, 0.3) is 11.5 Å². The lowest BCUT2D eigenvalue weighted by molar-refractivity contribution is 0.102. The maximum Gasteiger partial charge on any atom is 0.276 e. The van der Waals surface area contributed by atoms with Crippen molar-refractivity contribution in [2.75, 3.05) is 25.0 Å². The maximum absolute atomic E-state index is 13.1. The fraction of sp³-hybridized carbons (Fsp3) is 0.360. The lowest BCUT2D eigenvalue weighted by Gasteiger charge is -2.43. The van der Waals surface area contributed by atoms with Crippen molar-refractivity contribution in [1.82, 2.24) is 19.4 Å². The van der Waals surface area contributed by atoms with Gasteiger partial charge in [0.15, 0.2) is 0 Å². The number of piperidine rings is 1. The van der Waals surface area contributed by atoms with E-state index < -0.39 is 5.91 Å². The minimum atomic E-state index is -0.420. The number of aromatic nitrogens is 3. The Morgan fingerprint density at radius 1 is 1.06 bits per heavy atom. The maximum atomic E-state index is 13.1. The van der Waals surface area contributed by atoms with E-state index in [4.69, 9.17) is 0 Å². The second-order valence-electron chi connectivity index (χ2n) is 8.78. The number of pyridine rings is 1. The van der Waals surface area contributed by atoms with E-state index in [-0.39, 0.29) is 11.3 Å². The second-order valence-corrected chi connectivity index (χ2v) is 8.78. The van der Waals surface area contributed by atoms with Crippen LogP contribution < -0.4 is 10.9 Å². The molecule has 2 bridgehead atoms. The van der Waals surface area contributed by atoms with Crippen molar-refractivity contribution in [2.24, 2.45) is 5.92 Å². The quantitative estimate of drug-likeness (QED) is 0.652. The molecule has 5 rings (SSSR count). The first-order valence-corrected chi connectivity index (χ1v) is 11.2. The number of likely N-dealkylation sites (tertiary alicyclic amines) is 1. The molecule has 0 saturated carbocycles. The highest BCUT2D eigenvalue weighted by atomic mass is 16.2. The average Bonchev–Trinajstić information content (AvgIpc) is 2.82. The van der Waals surface area contributed by atoms with E-state index in [1.165, 1.54) is 24.2 Å². The number of aryl methyl sites for hydroxylation is 1. The molecule has 3 aromatic rings. The highest BCUT2D eigenvalue weighted by Crippen LogP contribution is 2.35. The van der Waals surface area contributed by atoms with Crippen molar-refractivity contribution in [3.8, 4) is 0 Å². The third-order valence-electron chi connectivity index (χ3n) is 6.51. The Kier molecular flexibility index (Phi) is 5.81. The van der Waals surface area contributed by atoms with Gasteiger partial charge in [0.1, 0.15) is 11.4 Å². The van der Waals surface area contributed by atoms with Crippen molar-refractivity contribution in [1.29, 1.82) is 0 Å². The summed E-state index contributed by atoms with van der Waals surface area (Å²) in [6.45, 7) is 3.79. The third-order valence-corrected chi connectivity index (χ3v) is 6.51. The molecule has 1 N–H and O–H groups in total. The van der Waals surface area contributed by atoms with Crippen LogP contribution in [-0.4, -0.2) is 45.0 Å². The molecule has 1 saturated heterocycles. The van der Waals surface area contributed by atoms with Gasteiger partial charge in [0.2, 0.25) is 0 Å². The Morgan fingerprint density at radius 3 is 2.75 bits per heavy atom. The molecule has 0 radical (unpaired) electrons. The third kappa shape index (κ3) is 4.34. The normalized spacial score (nSPS) is 19.9. The number of benzene rings is 1. The molecule has 2 aliphatic heterocycles. The molecular formula is C25H27N5O2. The molecule has 4 heterocycles. The first kappa shape index (κ1) is 20.6. The fourth-order valence-electron chi connectivity index (χ4n) is 5.08. The molecule has 32 heavy (non-hydrogen) atoms. The summed E-state index contributed by atoms with van der Waals surface area (Å²) in [4.78, 5) is 36.0. The Hall–Kier alpha value is -3.32. The smallest absolute Gasteiger partial charge is 0.276 e. The SMILES string of the molecule is O=C(Nc1ccc2n(c1=O)CC1CC2CN(CCCc2ccccc2)C1)c1cnccn1. The molecule has 2 aromatic heterocycles. The lowest BCUT2D eigenvalue weighted by atomic mass is 9.83. The van der Waals surface area contributed by atoms with Gasteiger partial charge in [-0.2, -0.15) is 0 Å². The van der Waals surface area contributed by atoms with Crippen molar-refractivity contribution < 1.29 is 4.79 Å². The molecule has 7 heteroatoms. The van der Waals surface area contributed by atoms with Crippen LogP contribution in [0.2, 0.25) is 0 Å². The number of anilines is 1. The first-order chi connectivity index (χ1) is 15.7. The van der Waals surface area contributed by atoms with Crippen molar-refractivity contribution in [3.63, 3.8) is 0 Å². The van der Waals surface area contributed by atoms with Crippen LogP contribution in [0.3, 0.4) is 0 Å². The van der Waals surface area contributed by atoms with Gasteiger partial charge < -0.3 is 14.8 Å². The summed E-state index contributed by atoms with van der Waals surface area (Å²) in [5.41, 5.74) is 2.82. The molecule has 2 unspecified atom stereocenters. The molecule has 2 atom stereocenters. The molecule has 0 spiro atoms. The summed E-state index contributed by atoms with van der Waals surface area (Å²) in [7, 11) is 0. The van der Waals surface area contributed by atoms with E-state index in [1.807, 2.05) is 10.6 Å². The molecular weight excluding hydrogens is 402 g/mol. The minimum absolute atomic E-state index is 0.132. The van der Waals surface area contributed by atoms with Crippen LogP contribution in [0.5, 0.6) is 0 Å². The molecule has 1 fully saturated rings.